The van der Waals surface area contributed by atoms with Crippen LogP contribution in [-0.2, 0) is 47.4 Å². The van der Waals surface area contributed by atoms with Gasteiger partial charge in [-0.05, 0) is 67.5 Å². The fourth-order valence-electron chi connectivity index (χ4n) is 7.05. The molecule has 2 aliphatic heterocycles. The van der Waals surface area contributed by atoms with Crippen LogP contribution in [0.15, 0.2) is 36.4 Å². The highest BCUT2D eigenvalue weighted by Crippen LogP contribution is 2.32. The predicted octanol–water partition coefficient (Wildman–Crippen LogP) is 6.32. The molecule has 2 aromatic carbocycles. The second kappa shape index (κ2) is 24.2. The Labute approximate surface area is 380 Å². The van der Waals surface area contributed by atoms with Crippen molar-refractivity contribution in [3.8, 4) is 0 Å². The lowest BCUT2D eigenvalue weighted by Crippen LogP contribution is -2.49. The average Bonchev–Trinajstić information content (AvgIpc) is 3.20. The lowest BCUT2D eigenvalue weighted by molar-refractivity contribution is -0.149. The van der Waals surface area contributed by atoms with Crippen LogP contribution in [0.2, 0.25) is 31.7 Å². The molecule has 2 aromatic rings. The highest BCUT2D eigenvalue weighted by molar-refractivity contribution is 6.50. The molecule has 2 heterocycles. The van der Waals surface area contributed by atoms with E-state index in [2.05, 4.69) is 16.0 Å². The molecule has 0 spiro atoms. The number of rotatable bonds is 22. The Hall–Kier alpha value is -3.99. The fourth-order valence-corrected chi connectivity index (χ4v) is 7.81. The van der Waals surface area contributed by atoms with E-state index < -0.39 is 73.5 Å². The van der Waals surface area contributed by atoms with Gasteiger partial charge in [0.25, 0.3) is 23.8 Å². The third-order valence-corrected chi connectivity index (χ3v) is 11.0. The van der Waals surface area contributed by atoms with Crippen molar-refractivity contribution in [3.05, 3.63) is 67.6 Å². The topological polar surface area (TPSA) is 210 Å². The van der Waals surface area contributed by atoms with Gasteiger partial charge in [-0.25, -0.2) is 0 Å². The van der Waals surface area contributed by atoms with Gasteiger partial charge in [-0.1, -0.05) is 74.1 Å². The van der Waals surface area contributed by atoms with Crippen molar-refractivity contribution >= 4 is 108 Å². The van der Waals surface area contributed by atoms with E-state index in [0.29, 0.717) is 22.9 Å². The number of Topliss-reactive ketones (excluding diaryl/α,β-unsaturated/α-hetero) is 3. The lowest BCUT2D eigenvalue weighted by Gasteiger charge is -2.31. The van der Waals surface area contributed by atoms with Crippen molar-refractivity contribution in [2.45, 2.75) is 103 Å². The number of carbonyl (C=O) groups excluding carboxylic acids is 8. The van der Waals surface area contributed by atoms with Crippen molar-refractivity contribution in [3.63, 3.8) is 0 Å². The van der Waals surface area contributed by atoms with Crippen molar-refractivity contribution in [2.75, 3.05) is 19.6 Å². The molecule has 4 atom stereocenters. The minimum atomic E-state index is -1.23. The van der Waals surface area contributed by atoms with E-state index in [1.165, 1.54) is 36.4 Å². The van der Waals surface area contributed by atoms with Gasteiger partial charge in [0.2, 0.25) is 5.91 Å². The average molecular weight is 939 g/mol. The molecular formula is C41H49B2Cl4N3O12. The van der Waals surface area contributed by atoms with E-state index >= 15 is 0 Å². The van der Waals surface area contributed by atoms with Gasteiger partial charge in [0.05, 0.1) is 47.1 Å². The first kappa shape index (κ1) is 50.7. The molecule has 0 aliphatic carbocycles. The molecule has 15 nitrogen and oxygen atoms in total. The van der Waals surface area contributed by atoms with Gasteiger partial charge in [-0.3, -0.25) is 38.4 Å². The zero-order valence-corrected chi connectivity index (χ0v) is 37.8. The fraction of sp³-hybridized carbons (Fsp3) is 0.512. The van der Waals surface area contributed by atoms with Crippen LogP contribution < -0.4 is 16.0 Å². The number of hydrogen-bond donors (Lipinski definition) is 3. The van der Waals surface area contributed by atoms with Gasteiger partial charge in [0.15, 0.2) is 17.3 Å². The molecule has 2 aliphatic rings. The smallest absolute Gasteiger partial charge is 0.509 e. The number of ketones is 3. The molecule has 2 saturated heterocycles. The second-order valence-corrected chi connectivity index (χ2v) is 17.8. The molecule has 0 radical (unpaired) electrons. The summed E-state index contributed by atoms with van der Waals surface area (Å²) in [5.41, 5.74) is 0.213. The zero-order chi connectivity index (χ0) is 45.7. The summed E-state index contributed by atoms with van der Waals surface area (Å²) in [5.74, 6) is -5.44. The summed E-state index contributed by atoms with van der Waals surface area (Å²) >= 11 is 24.2. The predicted molar refractivity (Wildman–Crippen MR) is 233 cm³/mol. The maximum Gasteiger partial charge on any atom is 0.531 e. The molecule has 0 unspecified atom stereocenters. The normalized spacial score (nSPS) is 17.5. The number of hydrogen-bond acceptors (Lipinski definition) is 12. The minimum Gasteiger partial charge on any atom is -0.509 e. The lowest BCUT2D eigenvalue weighted by atomic mass is 9.64. The van der Waals surface area contributed by atoms with Crippen LogP contribution in [0.25, 0.3) is 0 Å². The maximum absolute atomic E-state index is 13.3. The van der Waals surface area contributed by atoms with Crippen LogP contribution in [0.1, 0.15) is 99.8 Å². The molecule has 4 rings (SSSR count). The molecule has 3 amide bonds. The van der Waals surface area contributed by atoms with Crippen LogP contribution in [0.4, 0.5) is 0 Å². The molecule has 0 saturated carbocycles. The van der Waals surface area contributed by atoms with Gasteiger partial charge in [-0.15, -0.1) is 0 Å². The third-order valence-electron chi connectivity index (χ3n) is 9.88. The first-order valence-electron chi connectivity index (χ1n) is 20.3. The van der Waals surface area contributed by atoms with Gasteiger partial charge >= 0.3 is 14.2 Å². The van der Waals surface area contributed by atoms with Crippen molar-refractivity contribution in [1.82, 2.24) is 16.0 Å². The van der Waals surface area contributed by atoms with Gasteiger partial charge in [-0.2, -0.15) is 0 Å². The molecule has 62 heavy (non-hydrogen) atoms. The van der Waals surface area contributed by atoms with Crippen LogP contribution in [0.3, 0.4) is 0 Å². The summed E-state index contributed by atoms with van der Waals surface area (Å²) in [6, 6.07) is 8.76. The largest absolute Gasteiger partial charge is 0.531 e. The van der Waals surface area contributed by atoms with Gasteiger partial charge < -0.3 is 34.6 Å². The van der Waals surface area contributed by atoms with Crippen molar-refractivity contribution < 1.29 is 57.0 Å². The highest BCUT2D eigenvalue weighted by Gasteiger charge is 2.45. The summed E-state index contributed by atoms with van der Waals surface area (Å²) in [4.78, 5) is 103. The molecule has 0 bridgehead atoms. The Balaban J connectivity index is 1.26. The van der Waals surface area contributed by atoms with Crippen molar-refractivity contribution in [1.29, 1.82) is 0 Å². The monoisotopic (exact) mass is 937 g/mol. The molecule has 3 N–H and O–H groups in total. The summed E-state index contributed by atoms with van der Waals surface area (Å²) < 4.78 is 22.8. The highest BCUT2D eigenvalue weighted by atomic mass is 35.5. The van der Waals surface area contributed by atoms with Crippen molar-refractivity contribution in [2.24, 2.45) is 11.8 Å². The maximum atomic E-state index is 13.3. The number of benzene rings is 2. The van der Waals surface area contributed by atoms with E-state index in [-0.39, 0.29) is 103 Å². The van der Waals surface area contributed by atoms with Crippen LogP contribution in [0, 0.1) is 11.8 Å². The van der Waals surface area contributed by atoms with E-state index in [9.17, 15) is 38.4 Å². The van der Waals surface area contributed by atoms with Gasteiger partial charge in [0, 0.05) is 47.5 Å². The quantitative estimate of drug-likeness (QED) is 0.0876. The molecule has 2 fully saturated rings. The summed E-state index contributed by atoms with van der Waals surface area (Å²) in [7, 11) is -2.40. The number of halogens is 4. The standard InChI is InChI=1S/C41H49B2Cl4N3O12/c1-22(2)12-24(14-28(51)20-49-39(56)30-16-26(44)7-9-32(30)46)42-59-35(18-37(54)61-42)34(53)6-5-11-48-41(58)36-19-38(55)62-43(60-36)25(13-23(3)4)15-29(52)21-50-40(57)31-17-27(45)8-10-33(31)47/h7-10,16-17,22-25,35-36H,5-6,11-15,18-21H2,1-4H3,(H,48,58)(H,49,56)(H,50,57)/t24-,25-,35-,36-/m1/s1. The van der Waals surface area contributed by atoms with E-state index in [1.807, 2.05) is 27.7 Å². The number of amides is 3. The van der Waals surface area contributed by atoms with E-state index in [4.69, 9.17) is 65.0 Å². The SMILES string of the molecule is CC(C)C[C@H](CC(=O)CNC(=O)c1cc(Cl)ccc1Cl)B1OC(=O)C[C@H](C(=O)CCCNC(=O)[C@H]2CC(=O)OB([C@@H](CC(=O)CNC(=O)c3cc(Cl)ccc3Cl)CC(C)C)O2)O1. The van der Waals surface area contributed by atoms with E-state index in [1.54, 1.807) is 0 Å². The summed E-state index contributed by atoms with van der Waals surface area (Å²) in [6.45, 7) is 7.00. The van der Waals surface area contributed by atoms with Crippen LogP contribution in [-0.4, -0.2) is 93.1 Å². The summed E-state index contributed by atoms with van der Waals surface area (Å²) in [6.07, 6.45) is -2.42. The molecule has 0 aromatic heterocycles. The van der Waals surface area contributed by atoms with Crippen LogP contribution >= 0.6 is 46.4 Å². The molecule has 21 heteroatoms. The number of carbonyl (C=O) groups is 8. The Morgan fingerprint density at radius 2 is 1.10 bits per heavy atom. The Morgan fingerprint density at radius 1 is 0.661 bits per heavy atom. The Kier molecular flexibility index (Phi) is 19.8. The molecular weight excluding hydrogens is 890 g/mol. The zero-order valence-electron chi connectivity index (χ0n) is 34.8. The first-order valence-corrected chi connectivity index (χ1v) is 21.8. The Bertz CT molecular complexity index is 1870. The van der Waals surface area contributed by atoms with Crippen LogP contribution in [0.5, 0.6) is 0 Å². The van der Waals surface area contributed by atoms with Gasteiger partial charge in [0.1, 0.15) is 12.2 Å². The molecule has 334 valence electrons. The Morgan fingerprint density at radius 3 is 1.55 bits per heavy atom. The first-order chi connectivity index (χ1) is 29.3. The number of nitrogens with one attached hydrogen (secondary N) is 3. The second-order valence-electron chi connectivity index (χ2n) is 16.1. The minimum absolute atomic E-state index is 0.0194. The third kappa shape index (κ3) is 16.0. The summed E-state index contributed by atoms with van der Waals surface area (Å²) in [5, 5.41) is 8.66. The van der Waals surface area contributed by atoms with E-state index in [0.717, 1.165) is 0 Å².